The number of nitrogens with one attached hydrogen (secondary N) is 6. The van der Waals surface area contributed by atoms with Gasteiger partial charge in [-0.3, -0.25) is 14.4 Å². The number of hydrogen-bond acceptors (Lipinski definition) is 23. The Hall–Kier alpha value is -7.83. The number of aliphatic hydroxyl groups excluding tert-OH is 2. The molecule has 0 radical (unpaired) electrons. The van der Waals surface area contributed by atoms with Crippen LogP contribution in [0.1, 0.15) is 242 Å². The average molecular weight is 2000 g/mol. The maximum Gasteiger partial charge on any atom is 0.519 e. The third kappa shape index (κ3) is 57.5. The molecule has 25 nitrogen and oxygen atoms in total. The van der Waals surface area contributed by atoms with E-state index in [1.165, 1.54) is 12.9 Å². The molecule has 0 saturated heterocycles. The second-order valence-corrected chi connectivity index (χ2v) is 40.9. The van der Waals surface area contributed by atoms with Gasteiger partial charge in [-0.05, 0) is 165 Å². The van der Waals surface area contributed by atoms with Crippen LogP contribution in [0.2, 0.25) is 30.1 Å². The van der Waals surface area contributed by atoms with Crippen LogP contribution < -0.4 is 43.4 Å². The van der Waals surface area contributed by atoms with Crippen LogP contribution >= 0.6 is 94.2 Å². The fraction of sp³-hybridized carbons (Fsp3) is 0.551. The zero-order chi connectivity index (χ0) is 101. The molecule has 0 spiro atoms. The molecule has 0 bridgehead atoms. The Kier molecular flexibility index (Phi) is 59.5. The van der Waals surface area contributed by atoms with Gasteiger partial charge in [0.05, 0.1) is 97.2 Å². The quantitative estimate of drug-likeness (QED) is 0.0116. The van der Waals surface area contributed by atoms with E-state index in [2.05, 4.69) is 36.6 Å². The van der Waals surface area contributed by atoms with Crippen molar-refractivity contribution >= 4 is 176 Å². The SMILES string of the molecule is C.C.CC(C)(C)C(CN)OC(=O)Cc1ccccc1Nc1c(Cl)cccc1Cl.CC(C)(C)C(CNC=S)OC(=O)Cc1ccccc1Nc1c(Cl)cccc1Cl.CC(C)(C)C(O)CN.CC(C)(C)OC(=O)NCC(O)C(C)(C)C.CC(C)(C)OC(=O)NCC(OC(=O)Cc1ccccc1Nc1c(Cl)cccc1Cl)C(C)(C)C.CC(C)(C)OC(=O)OC(=O)OC(C)(C)C.Cl.[2H]CC.[3H]C. The standard InChI is InChI=1S/C25H32Cl2N2O4.C21H24Cl2N2O2S.C20H24Cl2N2O2.C11H23NO3.C10H18O5.C6H15NO.C2H6.3CH4.ClH/c1-24(2,3)20(15-28-23(31)33-25(4,5)6)32-21(30)14-16-10-7-8-13-19(16)29-22-17(26)11-9-12-18(22)27;1-21(2,3)18(12-24-13-28)27-19(26)11-14-7-4-5-10-17(14)25-20-15(22)8-6-9-16(20)23;1-20(2,3)17(12-23)26-18(25)11-13-7-4-5-10-16(13)24-19-14(21)8-6-9-15(19)22;1-10(2,3)8(13)7-12-9(14)15-11(4,5)6;1-9(2,3)14-7(11)13-8(12)15-10(4,5)6;1-6(2,3)5(8)4-7;1-2;;;;/h7-13,20,29H,14-15H2,1-6H3,(H,28,31);4-10,13,18,25H,11-12H2,1-3H3,(H,24,28);4-10,17,24H,11-12,23H2,1-3H3;8,13H,7H2,1-6H3,(H,12,14);1-6H3;5,8H,4,7H2,1-3H3;1-2H3;3*1H4;1H/i;;;;;;1D;1T;;;. The number of nitrogens with two attached hydrogens (primary N) is 2. The molecule has 6 rings (SSSR count). The summed E-state index contributed by atoms with van der Waals surface area (Å²) in [5.41, 5.74) is 15.0. The van der Waals surface area contributed by atoms with Crippen molar-refractivity contribution in [1.82, 2.24) is 16.0 Å². The predicted octanol–water partition coefficient (Wildman–Crippen LogP) is 26.2. The number of amides is 2. The Balaban J connectivity index is -0.000000506. The Labute approximate surface area is 827 Å². The third-order valence-electron chi connectivity index (χ3n) is 16.9. The number of carbonyl (C=O) groups excluding carboxylic acids is 7. The maximum atomic E-state index is 12.8. The molecule has 0 fully saturated rings. The minimum Gasteiger partial charge on any atom is -0.460 e. The highest BCUT2D eigenvalue weighted by atomic mass is 35.5. The molecule has 6 aromatic rings. The molecular formula is C98H155Cl7N8O17S. The maximum absolute atomic E-state index is 12.8. The minimum atomic E-state index is -1.06. The van der Waals surface area contributed by atoms with Gasteiger partial charge in [-0.15, -0.1) is 12.4 Å². The largest absolute Gasteiger partial charge is 0.519 e. The summed E-state index contributed by atoms with van der Waals surface area (Å²) in [5.74, 6) is -1.05. The van der Waals surface area contributed by atoms with E-state index >= 15 is 0 Å². The van der Waals surface area contributed by atoms with E-state index in [0.29, 0.717) is 72.9 Å². The van der Waals surface area contributed by atoms with Crippen molar-refractivity contribution in [3.05, 3.63) is 174 Å². The molecule has 131 heavy (non-hydrogen) atoms. The van der Waals surface area contributed by atoms with E-state index < -0.39 is 70.5 Å². The predicted molar refractivity (Wildman–Crippen MR) is 549 cm³/mol. The normalized spacial score (nSPS) is 12.5. The van der Waals surface area contributed by atoms with Crippen LogP contribution in [-0.4, -0.2) is 144 Å². The van der Waals surface area contributed by atoms with E-state index in [-0.39, 0.29) is 118 Å². The molecule has 0 aliphatic heterocycles. The molecule has 0 heterocycles. The van der Waals surface area contributed by atoms with Crippen LogP contribution in [0.15, 0.2) is 127 Å². The molecule has 5 atom stereocenters. The summed E-state index contributed by atoms with van der Waals surface area (Å²) in [6.07, 6.45) is -5.04. The summed E-state index contributed by atoms with van der Waals surface area (Å²) in [5, 5.41) is 39.5. The first kappa shape index (κ1) is 127. The summed E-state index contributed by atoms with van der Waals surface area (Å²) in [6.45, 7) is 54.0. The molecular weight excluding hydrogens is 1840 g/mol. The van der Waals surface area contributed by atoms with Crippen molar-refractivity contribution < 1.29 is 84.4 Å². The van der Waals surface area contributed by atoms with Crippen LogP contribution in [0.4, 0.5) is 53.3 Å². The fourth-order valence-electron chi connectivity index (χ4n) is 9.75. The molecule has 0 aliphatic rings. The van der Waals surface area contributed by atoms with Gasteiger partial charge in [-0.1, -0.05) is 295 Å². The Morgan fingerprint density at radius 1 is 0.397 bits per heavy atom. The lowest BCUT2D eigenvalue weighted by Gasteiger charge is -2.31. The van der Waals surface area contributed by atoms with Gasteiger partial charge in [0.1, 0.15) is 40.7 Å². The Morgan fingerprint density at radius 2 is 0.649 bits per heavy atom. The van der Waals surface area contributed by atoms with Crippen molar-refractivity contribution in [3.63, 3.8) is 0 Å². The summed E-state index contributed by atoms with van der Waals surface area (Å²) < 4.78 is 53.1. The van der Waals surface area contributed by atoms with Gasteiger partial charge in [0.2, 0.25) is 0 Å². The van der Waals surface area contributed by atoms with Crippen molar-refractivity contribution in [2.45, 2.75) is 295 Å². The van der Waals surface area contributed by atoms with E-state index in [1.54, 1.807) is 145 Å². The Bertz CT molecular complexity index is 4360. The molecule has 744 valence electrons. The lowest BCUT2D eigenvalue weighted by molar-refractivity contribution is -0.154. The van der Waals surface area contributed by atoms with E-state index in [1.807, 2.05) is 177 Å². The average Bonchev–Trinajstić information content (AvgIpc) is 0.835. The molecule has 2 amide bonds. The number of rotatable bonds is 24. The molecule has 33 heteroatoms. The van der Waals surface area contributed by atoms with Crippen molar-refractivity contribution in [3.8, 4) is 0 Å². The molecule has 12 N–H and O–H groups in total. The lowest BCUT2D eigenvalue weighted by Crippen LogP contribution is -2.44. The number of anilines is 6. The number of halogens is 7. The highest BCUT2D eigenvalue weighted by Crippen LogP contribution is 2.38. The summed E-state index contributed by atoms with van der Waals surface area (Å²) in [4.78, 5) is 83.2. The van der Waals surface area contributed by atoms with Crippen LogP contribution in [0.25, 0.3) is 0 Å². The number of para-hydroxylation sites is 6. The summed E-state index contributed by atoms with van der Waals surface area (Å²) in [7, 11) is 1.25. The number of benzene rings is 6. The van der Waals surface area contributed by atoms with Crippen LogP contribution in [0.3, 0.4) is 0 Å². The van der Waals surface area contributed by atoms with Gasteiger partial charge in [-0.25, -0.2) is 19.2 Å². The zero-order valence-electron chi connectivity index (χ0n) is 82.7. The van der Waals surface area contributed by atoms with Crippen LogP contribution in [0.5, 0.6) is 0 Å². The number of carbonyl (C=O) groups is 7. The first-order valence-electron chi connectivity index (χ1n) is 43.1. The number of aliphatic hydroxyl groups is 2. The summed E-state index contributed by atoms with van der Waals surface area (Å²) >= 11 is 42.3. The smallest absolute Gasteiger partial charge is 0.460 e. The van der Waals surface area contributed by atoms with Gasteiger partial charge >= 0.3 is 42.4 Å². The van der Waals surface area contributed by atoms with E-state index in [0.717, 1.165) is 28.1 Å². The van der Waals surface area contributed by atoms with E-state index in [9.17, 15) is 38.7 Å². The monoisotopic (exact) mass is 2000 g/mol. The van der Waals surface area contributed by atoms with Crippen molar-refractivity contribution in [2.75, 3.05) is 48.7 Å². The second kappa shape index (κ2) is 61.2. The third-order valence-corrected chi connectivity index (χ3v) is 18.9. The van der Waals surface area contributed by atoms with Crippen molar-refractivity contribution in [1.29, 1.82) is 0 Å². The molecule has 0 aliphatic carbocycles. The van der Waals surface area contributed by atoms with Crippen LogP contribution in [-0.2, 0) is 71.5 Å². The number of alkyl carbamates (subject to hydrolysis) is 2. The number of ether oxygens (including phenoxy) is 8. The highest BCUT2D eigenvalue weighted by Gasteiger charge is 2.33. The molecule has 0 saturated carbocycles. The van der Waals surface area contributed by atoms with E-state index in [4.69, 9.17) is 134 Å². The van der Waals surface area contributed by atoms with Crippen molar-refractivity contribution in [2.24, 2.45) is 38.5 Å². The fourth-order valence-corrected chi connectivity index (χ4v) is 11.3. The van der Waals surface area contributed by atoms with Crippen LogP contribution in [0, 0.1) is 27.1 Å². The molecule has 5 unspecified atom stereocenters. The van der Waals surface area contributed by atoms with Gasteiger partial charge in [0.25, 0.3) is 0 Å². The zero-order valence-corrected chi connectivity index (χ0v) is 86.9. The first-order chi connectivity index (χ1) is 59.6. The van der Waals surface area contributed by atoms with Gasteiger partial charge in [0.15, 0.2) is 0 Å². The summed E-state index contributed by atoms with van der Waals surface area (Å²) in [6, 6.07) is 38.1. The minimum absolute atomic E-state index is 0. The first-order valence-corrected chi connectivity index (χ1v) is 44.1. The second-order valence-electron chi connectivity index (χ2n) is 38.3. The topological polar surface area (TPSA) is 358 Å². The van der Waals surface area contributed by atoms with Gasteiger partial charge < -0.3 is 91.5 Å². The van der Waals surface area contributed by atoms with Gasteiger partial charge in [-0.2, -0.15) is 0 Å². The molecule has 6 aromatic carbocycles. The highest BCUT2D eigenvalue weighted by molar-refractivity contribution is 7.78. The van der Waals surface area contributed by atoms with Gasteiger partial charge in [0, 0.05) is 55.7 Å². The number of esters is 3. The lowest BCUT2D eigenvalue weighted by atomic mass is 9.89. The number of thiocarbonyl (C=S) groups is 1. The molecule has 0 aromatic heterocycles. The Morgan fingerprint density at radius 3 is 0.878 bits per heavy atom. The number of hydrogen-bond donors (Lipinski definition) is 10.